The van der Waals surface area contributed by atoms with Crippen molar-refractivity contribution in [3.05, 3.63) is 42.4 Å². The Kier molecular flexibility index (Phi) is 4.14. The van der Waals surface area contributed by atoms with Crippen molar-refractivity contribution in [2.45, 2.75) is 32.4 Å². The van der Waals surface area contributed by atoms with Gasteiger partial charge in [-0.25, -0.2) is 15.0 Å². The number of hydrogen-bond donors (Lipinski definition) is 0. The molecule has 2 fully saturated rings. The lowest BCUT2D eigenvalue weighted by molar-refractivity contribution is 0.296. The van der Waals surface area contributed by atoms with Crippen molar-refractivity contribution in [2.24, 2.45) is 11.8 Å². The van der Waals surface area contributed by atoms with Gasteiger partial charge in [0, 0.05) is 63.1 Å². The van der Waals surface area contributed by atoms with E-state index in [-0.39, 0.29) is 0 Å². The molecule has 2 aromatic heterocycles. The zero-order valence-corrected chi connectivity index (χ0v) is 14.3. The summed E-state index contributed by atoms with van der Waals surface area (Å²) in [5, 5.41) is 0. The van der Waals surface area contributed by atoms with Crippen LogP contribution in [0.25, 0.3) is 0 Å². The number of fused-ring (bicyclic) bond motifs is 1. The Hall–Kier alpha value is -2.08. The van der Waals surface area contributed by atoms with Crippen LogP contribution in [-0.2, 0) is 6.54 Å². The number of likely N-dealkylation sites (tertiary alicyclic amines) is 1. The lowest BCUT2D eigenvalue weighted by Crippen LogP contribution is -2.38. The van der Waals surface area contributed by atoms with E-state index in [1.165, 1.54) is 24.9 Å². The molecule has 126 valence electrons. The average Bonchev–Trinajstić information content (AvgIpc) is 3.17. The third-order valence-corrected chi connectivity index (χ3v) is 5.54. The van der Waals surface area contributed by atoms with Crippen LogP contribution < -0.4 is 4.90 Å². The highest BCUT2D eigenvalue weighted by Gasteiger charge is 2.44. The predicted molar refractivity (Wildman–Crippen MR) is 92.5 cm³/mol. The van der Waals surface area contributed by atoms with E-state index in [1.807, 2.05) is 25.5 Å². The Morgan fingerprint density at radius 2 is 1.92 bits per heavy atom. The first-order chi connectivity index (χ1) is 11.7. The van der Waals surface area contributed by atoms with Crippen LogP contribution in [0.15, 0.2) is 31.0 Å². The van der Waals surface area contributed by atoms with Gasteiger partial charge < -0.3 is 4.90 Å². The van der Waals surface area contributed by atoms with Gasteiger partial charge in [-0.15, -0.1) is 0 Å². The lowest BCUT2D eigenvalue weighted by atomic mass is 9.97. The molecule has 0 aromatic carbocycles. The van der Waals surface area contributed by atoms with E-state index in [0.717, 1.165) is 30.6 Å². The van der Waals surface area contributed by atoms with Crippen LogP contribution in [-0.4, -0.2) is 51.0 Å². The molecule has 2 aliphatic rings. The molecule has 0 bridgehead atoms. The van der Waals surface area contributed by atoms with Crippen LogP contribution in [0.2, 0.25) is 0 Å². The predicted octanol–water partition coefficient (Wildman–Crippen LogP) is 1.92. The molecule has 0 radical (unpaired) electrons. The monoisotopic (exact) mass is 324 g/mol. The van der Waals surface area contributed by atoms with Crippen LogP contribution in [0.1, 0.15) is 24.2 Å². The van der Waals surface area contributed by atoms with Crippen molar-refractivity contribution in [3.63, 3.8) is 0 Å². The molecule has 2 aromatic rings. The molecule has 1 saturated carbocycles. The minimum absolute atomic E-state index is 0.561. The Bertz CT molecular complexity index is 674. The maximum atomic E-state index is 4.47. The second-order valence-corrected chi connectivity index (χ2v) is 7.08. The van der Waals surface area contributed by atoms with Gasteiger partial charge in [0.15, 0.2) is 0 Å². The normalized spacial score (nSPS) is 26.5. The van der Waals surface area contributed by atoms with Gasteiger partial charge in [-0.3, -0.25) is 9.88 Å². The zero-order chi connectivity index (χ0) is 16.5. The fourth-order valence-electron chi connectivity index (χ4n) is 4.34. The molecule has 1 saturated heterocycles. The molecule has 0 unspecified atom stereocenters. The molecular formula is C18H24N6. The first-order valence-corrected chi connectivity index (χ1v) is 8.69. The molecule has 4 rings (SSSR count). The molecule has 0 spiro atoms. The molecule has 1 aliphatic carbocycles. The number of aryl methyl sites for hydroxylation is 1. The maximum absolute atomic E-state index is 4.47. The number of rotatable bonds is 4. The quantitative estimate of drug-likeness (QED) is 0.856. The van der Waals surface area contributed by atoms with E-state index in [9.17, 15) is 0 Å². The van der Waals surface area contributed by atoms with E-state index >= 15 is 0 Å². The third-order valence-electron chi connectivity index (χ3n) is 5.54. The largest absolute Gasteiger partial charge is 0.355 e. The summed E-state index contributed by atoms with van der Waals surface area (Å²) < 4.78 is 0. The van der Waals surface area contributed by atoms with Gasteiger partial charge in [-0.2, -0.15) is 0 Å². The molecule has 0 amide bonds. The van der Waals surface area contributed by atoms with Crippen LogP contribution in [0.3, 0.4) is 0 Å². The summed E-state index contributed by atoms with van der Waals surface area (Å²) in [6.07, 6.45) is 11.8. The van der Waals surface area contributed by atoms with E-state index in [4.69, 9.17) is 0 Å². The summed E-state index contributed by atoms with van der Waals surface area (Å²) in [5.74, 6) is 3.32. The summed E-state index contributed by atoms with van der Waals surface area (Å²) in [6.45, 7) is 5.21. The fraction of sp³-hybridized carbons (Fsp3) is 0.556. The standard InChI is InChI=1S/C18H24N6/c1-13-21-7-14(8-22-13)10-24-11-15-3-4-17(16(15)12-24)23(2)18-9-19-5-6-20-18/h5-9,15-17H,3-4,10-12H2,1-2H3/t15-,16+,17-/m1/s1. The second-order valence-electron chi connectivity index (χ2n) is 7.08. The molecule has 6 nitrogen and oxygen atoms in total. The SMILES string of the molecule is Cc1ncc(CN2C[C@H]3CC[C@@H](N(C)c4cnccn4)[C@H]3C2)cn1. The van der Waals surface area contributed by atoms with Gasteiger partial charge >= 0.3 is 0 Å². The van der Waals surface area contributed by atoms with Crippen molar-refractivity contribution in [2.75, 3.05) is 25.0 Å². The smallest absolute Gasteiger partial charge is 0.147 e. The zero-order valence-electron chi connectivity index (χ0n) is 14.3. The molecule has 3 atom stereocenters. The van der Waals surface area contributed by atoms with Crippen LogP contribution >= 0.6 is 0 Å². The Morgan fingerprint density at radius 1 is 1.08 bits per heavy atom. The van der Waals surface area contributed by atoms with Crippen molar-refractivity contribution in [1.82, 2.24) is 24.8 Å². The van der Waals surface area contributed by atoms with Crippen molar-refractivity contribution < 1.29 is 0 Å². The molecule has 3 heterocycles. The molecule has 24 heavy (non-hydrogen) atoms. The third kappa shape index (κ3) is 2.98. The Morgan fingerprint density at radius 3 is 2.67 bits per heavy atom. The van der Waals surface area contributed by atoms with E-state index in [0.29, 0.717) is 12.0 Å². The van der Waals surface area contributed by atoms with Crippen LogP contribution in [0.5, 0.6) is 0 Å². The Balaban J connectivity index is 1.42. The average molecular weight is 324 g/mol. The highest BCUT2D eigenvalue weighted by atomic mass is 15.2. The molecule has 1 aliphatic heterocycles. The van der Waals surface area contributed by atoms with Gasteiger partial charge in [0.1, 0.15) is 11.6 Å². The molecule has 0 N–H and O–H groups in total. The summed E-state index contributed by atoms with van der Waals surface area (Å²) in [6, 6.07) is 0.561. The second kappa shape index (κ2) is 6.43. The number of aromatic nitrogens is 4. The van der Waals surface area contributed by atoms with E-state index in [1.54, 1.807) is 12.4 Å². The van der Waals surface area contributed by atoms with Crippen molar-refractivity contribution in [1.29, 1.82) is 0 Å². The summed E-state index contributed by atoms with van der Waals surface area (Å²) in [7, 11) is 2.16. The first kappa shape index (κ1) is 15.4. The highest BCUT2D eigenvalue weighted by molar-refractivity contribution is 5.36. The van der Waals surface area contributed by atoms with Gasteiger partial charge in [0.05, 0.1) is 6.20 Å². The maximum Gasteiger partial charge on any atom is 0.147 e. The fourth-order valence-corrected chi connectivity index (χ4v) is 4.34. The summed E-state index contributed by atoms with van der Waals surface area (Å²) in [4.78, 5) is 22.2. The topological polar surface area (TPSA) is 58.0 Å². The van der Waals surface area contributed by atoms with Crippen LogP contribution in [0.4, 0.5) is 5.82 Å². The summed E-state index contributed by atoms with van der Waals surface area (Å²) >= 11 is 0. The highest BCUT2D eigenvalue weighted by Crippen LogP contribution is 2.41. The first-order valence-electron chi connectivity index (χ1n) is 8.69. The van der Waals surface area contributed by atoms with Gasteiger partial charge in [-0.1, -0.05) is 0 Å². The van der Waals surface area contributed by atoms with E-state index in [2.05, 4.69) is 36.8 Å². The molecular weight excluding hydrogens is 300 g/mol. The number of nitrogens with zero attached hydrogens (tertiary/aromatic N) is 6. The Labute approximate surface area is 143 Å². The van der Waals surface area contributed by atoms with E-state index < -0.39 is 0 Å². The van der Waals surface area contributed by atoms with Crippen molar-refractivity contribution >= 4 is 5.82 Å². The number of hydrogen-bond acceptors (Lipinski definition) is 6. The molecule has 6 heteroatoms. The van der Waals surface area contributed by atoms with Crippen molar-refractivity contribution in [3.8, 4) is 0 Å². The summed E-state index contributed by atoms with van der Waals surface area (Å²) in [5.41, 5.74) is 1.21. The minimum atomic E-state index is 0.561. The van der Waals surface area contributed by atoms with Gasteiger partial charge in [-0.05, 0) is 31.6 Å². The van der Waals surface area contributed by atoms with Crippen LogP contribution in [0, 0.1) is 18.8 Å². The van der Waals surface area contributed by atoms with Gasteiger partial charge in [0.2, 0.25) is 0 Å². The minimum Gasteiger partial charge on any atom is -0.355 e. The lowest BCUT2D eigenvalue weighted by Gasteiger charge is -2.30. The number of anilines is 1. The van der Waals surface area contributed by atoms with Gasteiger partial charge in [0.25, 0.3) is 0 Å².